The zero-order valence-electron chi connectivity index (χ0n) is 16.6. The molecule has 0 spiro atoms. The summed E-state index contributed by atoms with van der Waals surface area (Å²) in [4.78, 5) is 29.1. The van der Waals surface area contributed by atoms with Crippen LogP contribution in [-0.2, 0) is 9.53 Å². The van der Waals surface area contributed by atoms with Crippen LogP contribution in [0.15, 0.2) is 40.5 Å². The van der Waals surface area contributed by atoms with Gasteiger partial charge in [-0.3, -0.25) is 14.2 Å². The molecule has 0 N–H and O–H groups in total. The van der Waals surface area contributed by atoms with Crippen LogP contribution < -0.4 is 14.8 Å². The van der Waals surface area contributed by atoms with Gasteiger partial charge in [0, 0.05) is 23.0 Å². The summed E-state index contributed by atoms with van der Waals surface area (Å²) in [7, 11) is 0. The minimum Gasteiger partial charge on any atom is -0.378 e. The van der Waals surface area contributed by atoms with E-state index in [1.807, 2.05) is 30.5 Å². The predicted octanol–water partition coefficient (Wildman–Crippen LogP) is 2.28. The molecule has 2 aromatic heterocycles. The molecule has 1 amide bonds. The van der Waals surface area contributed by atoms with E-state index in [1.165, 1.54) is 15.9 Å². The highest BCUT2D eigenvalue weighted by molar-refractivity contribution is 7.11. The molecule has 1 fully saturated rings. The highest BCUT2D eigenvalue weighted by Gasteiger charge is 2.24. The predicted molar refractivity (Wildman–Crippen MR) is 123 cm³/mol. The number of rotatable bonds is 3. The molecular weight excluding hydrogens is 454 g/mol. The first kappa shape index (κ1) is 21.5. The third-order valence-electron chi connectivity index (χ3n) is 4.91. The fraction of sp³-hybridized carbons (Fsp3) is 0.227. The maximum Gasteiger partial charge on any atom is 0.273 e. The second-order valence-corrected chi connectivity index (χ2v) is 9.31. The van der Waals surface area contributed by atoms with Crippen molar-refractivity contribution in [3.63, 3.8) is 0 Å². The van der Waals surface area contributed by atoms with Crippen LogP contribution >= 0.6 is 34.3 Å². The third kappa shape index (κ3) is 4.36. The lowest BCUT2D eigenvalue weighted by molar-refractivity contribution is -0.128. The van der Waals surface area contributed by atoms with Gasteiger partial charge in [-0.25, -0.2) is 0 Å². The molecule has 0 unspecified atom stereocenters. The van der Waals surface area contributed by atoms with E-state index in [1.54, 1.807) is 29.2 Å². The Balaban J connectivity index is 2.00. The van der Waals surface area contributed by atoms with E-state index in [2.05, 4.69) is 0 Å². The summed E-state index contributed by atoms with van der Waals surface area (Å²) in [5, 5.41) is 12.4. The number of nitriles is 1. The Hall–Kier alpha value is -2.70. The highest BCUT2D eigenvalue weighted by atomic mass is 35.5. The van der Waals surface area contributed by atoms with Crippen molar-refractivity contribution in [3.8, 4) is 11.8 Å². The summed E-state index contributed by atoms with van der Waals surface area (Å²) in [5.41, 5.74) is 1.27. The van der Waals surface area contributed by atoms with Crippen molar-refractivity contribution in [1.82, 2.24) is 9.47 Å². The lowest BCUT2D eigenvalue weighted by atomic mass is 10.2. The number of ether oxygens (including phenoxy) is 1. The van der Waals surface area contributed by atoms with E-state index in [9.17, 15) is 14.9 Å². The Kier molecular flexibility index (Phi) is 6.39. The topological polar surface area (TPSA) is 75.3 Å². The van der Waals surface area contributed by atoms with E-state index in [0.29, 0.717) is 46.2 Å². The minimum atomic E-state index is -0.395. The van der Waals surface area contributed by atoms with Gasteiger partial charge < -0.3 is 9.64 Å². The maximum atomic E-state index is 13.4. The Morgan fingerprint density at radius 1 is 1.23 bits per heavy atom. The van der Waals surface area contributed by atoms with Gasteiger partial charge in [0.2, 0.25) is 0 Å². The van der Waals surface area contributed by atoms with Crippen LogP contribution in [0, 0.1) is 18.3 Å². The monoisotopic (exact) mass is 471 g/mol. The van der Waals surface area contributed by atoms with Gasteiger partial charge in [-0.2, -0.15) is 5.26 Å². The molecule has 0 saturated carbocycles. The number of amides is 1. The zero-order valence-corrected chi connectivity index (χ0v) is 19.0. The number of halogens is 1. The van der Waals surface area contributed by atoms with Crippen molar-refractivity contribution < 1.29 is 9.53 Å². The molecule has 1 saturated heterocycles. The van der Waals surface area contributed by atoms with Gasteiger partial charge in [0.25, 0.3) is 11.5 Å². The van der Waals surface area contributed by atoms with Crippen molar-refractivity contribution in [2.75, 3.05) is 26.3 Å². The van der Waals surface area contributed by atoms with Crippen molar-refractivity contribution in [1.29, 1.82) is 5.26 Å². The summed E-state index contributed by atoms with van der Waals surface area (Å²) < 4.78 is 7.50. The van der Waals surface area contributed by atoms with Gasteiger partial charge in [0.1, 0.15) is 10.7 Å². The number of hydrogen-bond acceptors (Lipinski definition) is 6. The summed E-state index contributed by atoms with van der Waals surface area (Å²) in [6.07, 6.45) is 1.82. The fourth-order valence-electron chi connectivity index (χ4n) is 3.24. The van der Waals surface area contributed by atoms with E-state index in [-0.39, 0.29) is 11.1 Å². The molecule has 1 aliphatic heterocycles. The summed E-state index contributed by atoms with van der Waals surface area (Å²) in [6.45, 7) is 3.65. The normalized spacial score (nSPS) is 15.6. The number of thiophene rings is 1. The van der Waals surface area contributed by atoms with Gasteiger partial charge in [-0.1, -0.05) is 11.6 Å². The molecule has 1 aromatic carbocycles. The number of morpholine rings is 1. The van der Waals surface area contributed by atoms with Gasteiger partial charge in [0.05, 0.1) is 23.4 Å². The molecule has 3 aromatic rings. The second kappa shape index (κ2) is 9.20. The molecular formula is C22H18ClN3O3S2. The first-order chi connectivity index (χ1) is 15.0. The van der Waals surface area contributed by atoms with Crippen LogP contribution in [0.2, 0.25) is 5.02 Å². The minimum absolute atomic E-state index is 0.0542. The first-order valence-corrected chi connectivity index (χ1v) is 11.6. The van der Waals surface area contributed by atoms with Crippen LogP contribution in [0.25, 0.3) is 17.3 Å². The number of nitrogens with zero attached hydrogens (tertiary/aromatic N) is 3. The Labute approximate surface area is 191 Å². The average Bonchev–Trinajstić information content (AvgIpc) is 3.33. The second-order valence-electron chi connectivity index (χ2n) is 6.89. The lowest BCUT2D eigenvalue weighted by Gasteiger charge is -2.26. The third-order valence-corrected chi connectivity index (χ3v) is 7.22. The SMILES string of the molecule is Cc1ccsc1C=c1sc(=C(C#N)C(=O)N2CCOCC2)n(-c2ccc(Cl)cc2)c1=O. The largest absolute Gasteiger partial charge is 0.378 e. The molecule has 0 radical (unpaired) electrons. The van der Waals surface area contributed by atoms with Crippen LogP contribution in [0.3, 0.4) is 0 Å². The van der Waals surface area contributed by atoms with Gasteiger partial charge in [0.15, 0.2) is 5.57 Å². The zero-order chi connectivity index (χ0) is 22.0. The number of hydrogen-bond donors (Lipinski definition) is 0. The molecule has 6 nitrogen and oxygen atoms in total. The Morgan fingerprint density at radius 3 is 2.55 bits per heavy atom. The maximum absolute atomic E-state index is 13.4. The summed E-state index contributed by atoms with van der Waals surface area (Å²) in [5.74, 6) is -0.395. The lowest BCUT2D eigenvalue weighted by Crippen LogP contribution is -2.42. The van der Waals surface area contributed by atoms with Crippen molar-refractivity contribution in [3.05, 3.63) is 70.7 Å². The number of thiazole rings is 1. The number of aryl methyl sites for hydroxylation is 1. The fourth-order valence-corrected chi connectivity index (χ4v) is 5.38. The highest BCUT2D eigenvalue weighted by Crippen LogP contribution is 2.16. The van der Waals surface area contributed by atoms with Crippen LogP contribution in [0.5, 0.6) is 0 Å². The van der Waals surface area contributed by atoms with Crippen molar-refractivity contribution in [2.24, 2.45) is 0 Å². The Bertz CT molecular complexity index is 1340. The van der Waals surface area contributed by atoms with Crippen LogP contribution in [0.1, 0.15) is 10.4 Å². The molecule has 4 rings (SSSR count). The summed E-state index contributed by atoms with van der Waals surface area (Å²) in [6, 6.07) is 10.8. The van der Waals surface area contributed by atoms with Crippen molar-refractivity contribution in [2.45, 2.75) is 6.92 Å². The number of benzene rings is 1. The van der Waals surface area contributed by atoms with Crippen LogP contribution in [-0.4, -0.2) is 41.7 Å². The van der Waals surface area contributed by atoms with E-state index >= 15 is 0 Å². The number of carbonyl (C=O) groups excluding carboxylic acids is 1. The molecule has 0 aliphatic carbocycles. The van der Waals surface area contributed by atoms with E-state index < -0.39 is 5.91 Å². The molecule has 1 aliphatic rings. The van der Waals surface area contributed by atoms with Crippen molar-refractivity contribution >= 4 is 51.8 Å². The first-order valence-electron chi connectivity index (χ1n) is 9.54. The quantitative estimate of drug-likeness (QED) is 0.587. The van der Waals surface area contributed by atoms with Gasteiger partial charge in [-0.05, 0) is 54.3 Å². The smallest absolute Gasteiger partial charge is 0.273 e. The summed E-state index contributed by atoms with van der Waals surface area (Å²) >= 11 is 8.70. The van der Waals surface area contributed by atoms with E-state index in [0.717, 1.165) is 21.8 Å². The van der Waals surface area contributed by atoms with Crippen LogP contribution in [0.4, 0.5) is 0 Å². The van der Waals surface area contributed by atoms with E-state index in [4.69, 9.17) is 16.3 Å². The molecule has 31 heavy (non-hydrogen) atoms. The molecule has 3 heterocycles. The molecule has 9 heteroatoms. The number of carbonyl (C=O) groups is 1. The molecule has 158 valence electrons. The van der Waals surface area contributed by atoms with Gasteiger partial charge >= 0.3 is 0 Å². The average molecular weight is 472 g/mol. The molecule has 0 atom stereocenters. The number of aromatic nitrogens is 1. The van der Waals surface area contributed by atoms with Gasteiger partial charge in [-0.15, -0.1) is 22.7 Å². The molecule has 0 bridgehead atoms. The Morgan fingerprint density at radius 2 is 1.94 bits per heavy atom. The standard InChI is InChI=1S/C22H18ClN3O3S2/c1-14-6-11-30-18(14)12-19-21(28)26(16-4-2-15(23)3-5-16)22(31-19)17(13-24)20(27)25-7-9-29-10-8-25/h2-6,11-12H,7-10H2,1H3.